The number of nitrogens with zero attached hydrogens (tertiary/aromatic N) is 2. The quantitative estimate of drug-likeness (QED) is 0.880. The molecule has 2 aliphatic carbocycles. The van der Waals surface area contributed by atoms with Gasteiger partial charge in [-0.2, -0.15) is 5.10 Å². The molecule has 2 aliphatic rings. The van der Waals surface area contributed by atoms with Gasteiger partial charge in [0.05, 0.1) is 17.4 Å². The van der Waals surface area contributed by atoms with Gasteiger partial charge in [0.1, 0.15) is 0 Å². The van der Waals surface area contributed by atoms with E-state index in [0.717, 1.165) is 29.8 Å². The summed E-state index contributed by atoms with van der Waals surface area (Å²) in [6.07, 6.45) is 4.79. The molecule has 0 aliphatic heterocycles. The van der Waals surface area contributed by atoms with E-state index in [4.69, 9.17) is 0 Å². The lowest BCUT2D eigenvalue weighted by Gasteiger charge is -2.27. The van der Waals surface area contributed by atoms with Crippen molar-refractivity contribution in [2.45, 2.75) is 44.2 Å². The van der Waals surface area contributed by atoms with E-state index < -0.39 is 0 Å². The molecule has 1 heterocycles. The van der Waals surface area contributed by atoms with Crippen LogP contribution in [0.3, 0.4) is 0 Å². The van der Waals surface area contributed by atoms with E-state index in [-0.39, 0.29) is 17.6 Å². The van der Waals surface area contributed by atoms with Gasteiger partial charge in [0.2, 0.25) is 0 Å². The summed E-state index contributed by atoms with van der Waals surface area (Å²) >= 11 is 0. The van der Waals surface area contributed by atoms with Gasteiger partial charge >= 0.3 is 6.03 Å². The van der Waals surface area contributed by atoms with E-state index in [1.807, 2.05) is 50.4 Å². The number of amides is 2. The fraction of sp³-hybridized carbons (Fsp3) is 0.474. The highest BCUT2D eigenvalue weighted by Gasteiger charge is 2.55. The van der Waals surface area contributed by atoms with Gasteiger partial charge in [-0.05, 0) is 44.6 Å². The third-order valence-electron chi connectivity index (χ3n) is 5.52. The summed E-state index contributed by atoms with van der Waals surface area (Å²) in [4.78, 5) is 14.4. The van der Waals surface area contributed by atoms with Crippen molar-refractivity contribution in [1.29, 1.82) is 0 Å². The number of nitrogens with one attached hydrogen (secondary N) is 2. The lowest BCUT2D eigenvalue weighted by atomic mass is 10.1. The molecular weight excluding hydrogens is 300 g/mol. The van der Waals surface area contributed by atoms with Gasteiger partial charge in [-0.3, -0.25) is 5.10 Å². The number of aromatic nitrogens is 2. The Kier molecular flexibility index (Phi) is 3.59. The Morgan fingerprint density at radius 3 is 2.67 bits per heavy atom. The predicted octanol–water partition coefficient (Wildman–Crippen LogP) is 3.72. The smallest absolute Gasteiger partial charge is 0.318 e. The fourth-order valence-electron chi connectivity index (χ4n) is 3.40. The molecule has 2 saturated carbocycles. The van der Waals surface area contributed by atoms with Gasteiger partial charge in [-0.1, -0.05) is 30.3 Å². The molecule has 0 saturated heterocycles. The molecule has 24 heavy (non-hydrogen) atoms. The second-order valence-electron chi connectivity index (χ2n) is 7.22. The SMILES string of the molecule is C[C@@H](c1cc(-c2ccccc2)n[nH]1)N(C)C(=O)NC1(C2CC2)CC1. The Labute approximate surface area is 142 Å². The van der Waals surface area contributed by atoms with Gasteiger partial charge in [0.15, 0.2) is 0 Å². The topological polar surface area (TPSA) is 61.0 Å². The summed E-state index contributed by atoms with van der Waals surface area (Å²) in [7, 11) is 1.85. The Morgan fingerprint density at radius 2 is 2.04 bits per heavy atom. The Hall–Kier alpha value is -2.30. The first-order valence-electron chi connectivity index (χ1n) is 8.75. The Morgan fingerprint density at radius 1 is 1.33 bits per heavy atom. The molecule has 0 unspecified atom stereocenters. The van der Waals surface area contributed by atoms with E-state index in [0.29, 0.717) is 5.92 Å². The van der Waals surface area contributed by atoms with E-state index in [1.54, 1.807) is 4.90 Å². The summed E-state index contributed by atoms with van der Waals surface area (Å²) in [5.74, 6) is 0.710. The average molecular weight is 324 g/mol. The monoisotopic (exact) mass is 324 g/mol. The molecule has 1 aromatic carbocycles. The molecule has 2 N–H and O–H groups in total. The fourth-order valence-corrected chi connectivity index (χ4v) is 3.40. The summed E-state index contributed by atoms with van der Waals surface area (Å²) in [5, 5.41) is 10.7. The number of hydrogen-bond acceptors (Lipinski definition) is 2. The lowest BCUT2D eigenvalue weighted by molar-refractivity contribution is 0.186. The number of hydrogen-bond donors (Lipinski definition) is 2. The van der Waals surface area contributed by atoms with Crippen LogP contribution in [0.25, 0.3) is 11.3 Å². The van der Waals surface area contributed by atoms with Gasteiger partial charge in [0.25, 0.3) is 0 Å². The Bertz CT molecular complexity index is 731. The van der Waals surface area contributed by atoms with Crippen molar-refractivity contribution in [2.24, 2.45) is 5.92 Å². The van der Waals surface area contributed by atoms with Crippen LogP contribution in [0.2, 0.25) is 0 Å². The van der Waals surface area contributed by atoms with Crippen LogP contribution in [0.4, 0.5) is 4.79 Å². The molecule has 1 atom stereocenters. The van der Waals surface area contributed by atoms with E-state index in [1.165, 1.54) is 12.8 Å². The van der Waals surface area contributed by atoms with Crippen LogP contribution < -0.4 is 5.32 Å². The maximum absolute atomic E-state index is 12.6. The van der Waals surface area contributed by atoms with Crippen LogP contribution >= 0.6 is 0 Å². The molecule has 0 radical (unpaired) electrons. The molecule has 4 rings (SSSR count). The van der Waals surface area contributed by atoms with Gasteiger partial charge in [-0.25, -0.2) is 4.79 Å². The average Bonchev–Trinajstić information content (AvgIpc) is 3.53. The van der Waals surface area contributed by atoms with Crippen molar-refractivity contribution >= 4 is 6.03 Å². The summed E-state index contributed by atoms with van der Waals surface area (Å²) in [6, 6.07) is 12.1. The Balaban J connectivity index is 1.44. The number of urea groups is 1. The predicted molar refractivity (Wildman–Crippen MR) is 93.4 cm³/mol. The zero-order valence-corrected chi connectivity index (χ0v) is 14.2. The molecule has 0 spiro atoms. The third-order valence-corrected chi connectivity index (χ3v) is 5.52. The van der Waals surface area contributed by atoms with Crippen LogP contribution in [-0.2, 0) is 0 Å². The molecule has 2 aromatic rings. The maximum Gasteiger partial charge on any atom is 0.318 e. The molecule has 5 heteroatoms. The van der Waals surface area contributed by atoms with Crippen molar-refractivity contribution in [1.82, 2.24) is 20.4 Å². The summed E-state index contributed by atoms with van der Waals surface area (Å²) in [5.41, 5.74) is 3.03. The molecular formula is C19H24N4O. The molecule has 2 fully saturated rings. The molecule has 126 valence electrons. The lowest BCUT2D eigenvalue weighted by Crippen LogP contribution is -2.46. The van der Waals surface area contributed by atoms with Crippen LogP contribution in [0.5, 0.6) is 0 Å². The first-order chi connectivity index (χ1) is 11.6. The van der Waals surface area contributed by atoms with Gasteiger partial charge < -0.3 is 10.2 Å². The second-order valence-corrected chi connectivity index (χ2v) is 7.22. The van der Waals surface area contributed by atoms with E-state index >= 15 is 0 Å². The number of carbonyl (C=O) groups excluding carboxylic acids is 1. The van der Waals surface area contributed by atoms with Crippen molar-refractivity contribution in [3.63, 3.8) is 0 Å². The van der Waals surface area contributed by atoms with Gasteiger partial charge in [0, 0.05) is 18.2 Å². The zero-order chi connectivity index (χ0) is 16.7. The number of carbonyl (C=O) groups is 1. The van der Waals surface area contributed by atoms with Crippen molar-refractivity contribution < 1.29 is 4.79 Å². The molecule has 1 aromatic heterocycles. The third kappa shape index (κ3) is 2.79. The zero-order valence-electron chi connectivity index (χ0n) is 14.2. The molecule has 5 nitrogen and oxygen atoms in total. The minimum absolute atomic E-state index is 0.0164. The van der Waals surface area contributed by atoms with Crippen molar-refractivity contribution in [3.8, 4) is 11.3 Å². The van der Waals surface area contributed by atoms with Crippen LogP contribution in [0.15, 0.2) is 36.4 Å². The van der Waals surface area contributed by atoms with Crippen LogP contribution in [0, 0.1) is 5.92 Å². The number of benzene rings is 1. The highest BCUT2D eigenvalue weighted by molar-refractivity contribution is 5.76. The normalized spacial score (nSPS) is 19.6. The van der Waals surface area contributed by atoms with E-state index in [9.17, 15) is 4.79 Å². The summed E-state index contributed by atoms with van der Waals surface area (Å²) < 4.78 is 0. The minimum atomic E-state index is -0.0510. The maximum atomic E-state index is 12.6. The second kappa shape index (κ2) is 5.65. The highest BCUT2D eigenvalue weighted by atomic mass is 16.2. The van der Waals surface area contributed by atoms with E-state index in [2.05, 4.69) is 15.5 Å². The molecule has 2 amide bonds. The molecule has 0 bridgehead atoms. The number of rotatable bonds is 5. The first kappa shape index (κ1) is 15.2. The van der Waals surface area contributed by atoms with Crippen molar-refractivity contribution in [3.05, 3.63) is 42.1 Å². The van der Waals surface area contributed by atoms with Crippen LogP contribution in [0.1, 0.15) is 44.3 Å². The first-order valence-corrected chi connectivity index (χ1v) is 8.75. The standard InChI is InChI=1S/C19H24N4O/c1-13(16-12-17(22-21-16)14-6-4-3-5-7-14)23(2)18(24)20-19(10-11-19)15-8-9-15/h3-7,12-13,15H,8-11H2,1-2H3,(H,20,24)(H,21,22)/t13-/m0/s1. The summed E-state index contributed by atoms with van der Waals surface area (Å²) in [6.45, 7) is 2.03. The number of aromatic amines is 1. The van der Waals surface area contributed by atoms with Crippen LogP contribution in [-0.4, -0.2) is 33.7 Å². The number of H-pyrrole nitrogens is 1. The highest BCUT2D eigenvalue weighted by Crippen LogP contribution is 2.53. The minimum Gasteiger partial charge on any atom is -0.332 e. The largest absolute Gasteiger partial charge is 0.332 e. The van der Waals surface area contributed by atoms with Crippen molar-refractivity contribution in [2.75, 3.05) is 7.05 Å². The van der Waals surface area contributed by atoms with Gasteiger partial charge in [-0.15, -0.1) is 0 Å².